The van der Waals surface area contributed by atoms with Crippen molar-refractivity contribution in [1.82, 2.24) is 0 Å². The van der Waals surface area contributed by atoms with E-state index in [2.05, 4.69) is 352 Å². The van der Waals surface area contributed by atoms with Gasteiger partial charge in [-0.05, 0) is 240 Å². The fourth-order valence-electron chi connectivity index (χ4n) is 17.6. The highest BCUT2D eigenvalue weighted by Crippen LogP contribution is 2.49. The van der Waals surface area contributed by atoms with Crippen molar-refractivity contribution in [1.29, 1.82) is 0 Å². The van der Waals surface area contributed by atoms with E-state index >= 15 is 0 Å². The van der Waals surface area contributed by atoms with Crippen LogP contribution in [0.1, 0.15) is 33.4 Å². The number of rotatable bonds is 4. The summed E-state index contributed by atoms with van der Waals surface area (Å²) in [5.74, 6) is 0. The Morgan fingerprint density at radius 2 is 0.364 bits per heavy atom. The highest BCUT2D eigenvalue weighted by Gasteiger charge is 2.26. The smallest absolute Gasteiger partial charge is 0.000728 e. The van der Waals surface area contributed by atoms with Crippen LogP contribution in [-0.4, -0.2) is 0 Å². The fourth-order valence-corrected chi connectivity index (χ4v) is 17.6. The summed E-state index contributed by atoms with van der Waals surface area (Å²) in [6.07, 6.45) is 3.01. The third-order valence-electron chi connectivity index (χ3n) is 21.9. The fraction of sp³-hybridized carbons (Fsp3) is 0.0303. The molecule has 19 aromatic rings. The van der Waals surface area contributed by atoms with Gasteiger partial charge in [0.25, 0.3) is 0 Å². The average molecular weight is 1250 g/mol. The SMILES string of the molecule is c1cc(-c2cccc3c2Cc2ccccc2-3)cc(-c2cccc3c4ccccc4c4ccccc4c23)c1.c1ccc2c(c1)Cc1c(-c3ccc4c5ccccc5c5ccccc5c4c3)cccc1-2.c1ccc2c(c1)Cc1c-2cccc1-c1cccc2c3ccccc3c3ccccc3c12. The van der Waals surface area contributed by atoms with Crippen molar-refractivity contribution in [3.63, 3.8) is 0 Å². The van der Waals surface area contributed by atoms with Crippen molar-refractivity contribution in [3.05, 3.63) is 385 Å². The van der Waals surface area contributed by atoms with Crippen LogP contribution in [0.2, 0.25) is 0 Å². The molecule has 0 atom stereocenters. The van der Waals surface area contributed by atoms with E-state index in [1.165, 1.54) is 208 Å². The zero-order valence-electron chi connectivity index (χ0n) is 54.6. The first-order valence-electron chi connectivity index (χ1n) is 34.8. The largest absolute Gasteiger partial charge is 0.0619 e. The van der Waals surface area contributed by atoms with Gasteiger partial charge in [-0.2, -0.15) is 0 Å². The van der Waals surface area contributed by atoms with Gasteiger partial charge in [0.2, 0.25) is 0 Å². The second kappa shape index (κ2) is 23.1. The minimum atomic E-state index is 0.997. The molecule has 19 aromatic carbocycles. The average Bonchev–Trinajstić information content (AvgIpc) is 1.27. The highest BCUT2D eigenvalue weighted by atomic mass is 14.3. The van der Waals surface area contributed by atoms with Crippen molar-refractivity contribution >= 4 is 97.0 Å². The molecule has 3 aliphatic rings. The Morgan fingerprint density at radius 1 is 0.131 bits per heavy atom. The molecule has 460 valence electrons. The molecule has 99 heavy (non-hydrogen) atoms. The van der Waals surface area contributed by atoms with Crippen molar-refractivity contribution in [2.75, 3.05) is 0 Å². The lowest BCUT2D eigenvalue weighted by Crippen LogP contribution is -1.91. The Kier molecular flexibility index (Phi) is 13.3. The number of hydrogen-bond acceptors (Lipinski definition) is 0. The monoisotopic (exact) mass is 1250 g/mol. The lowest BCUT2D eigenvalue weighted by molar-refractivity contribution is 1.26. The van der Waals surface area contributed by atoms with Crippen LogP contribution < -0.4 is 0 Å². The number of benzene rings is 19. The Balaban J connectivity index is 0.000000101. The summed E-state index contributed by atoms with van der Waals surface area (Å²) in [4.78, 5) is 0. The second-order valence-corrected chi connectivity index (χ2v) is 27.1. The third-order valence-corrected chi connectivity index (χ3v) is 21.9. The van der Waals surface area contributed by atoms with E-state index in [0.717, 1.165) is 19.3 Å². The predicted octanol–water partition coefficient (Wildman–Crippen LogP) is 26.8. The van der Waals surface area contributed by atoms with Crippen LogP contribution in [0.4, 0.5) is 0 Å². The summed E-state index contributed by atoms with van der Waals surface area (Å²) in [7, 11) is 0. The molecule has 0 fully saturated rings. The van der Waals surface area contributed by atoms with Gasteiger partial charge in [-0.15, -0.1) is 0 Å². The highest BCUT2D eigenvalue weighted by molar-refractivity contribution is 6.30. The Labute approximate surface area is 575 Å². The molecule has 0 saturated heterocycles. The van der Waals surface area contributed by atoms with Gasteiger partial charge in [-0.3, -0.25) is 0 Å². The van der Waals surface area contributed by atoms with Crippen LogP contribution >= 0.6 is 0 Å². The molecule has 0 nitrogen and oxygen atoms in total. The summed E-state index contributed by atoms with van der Waals surface area (Å²) in [6.45, 7) is 0. The van der Waals surface area contributed by atoms with Crippen LogP contribution in [0.15, 0.2) is 352 Å². The molecule has 0 saturated carbocycles. The molecule has 0 heterocycles. The molecule has 0 amide bonds. The summed E-state index contributed by atoms with van der Waals surface area (Å²) in [5.41, 5.74) is 27.5. The minimum Gasteiger partial charge on any atom is -0.0619 e. The standard InChI is InChI=1S/C37H24.2C31H20/c1-2-13-27-26(10-1)23-36-28(18-8-20-30(27)36)24-11-7-12-25(22-24)29-19-9-21-35-33-15-4-3-14-31(33)32-16-5-6-17-34(32)37(29)35;1-2-10-21-20(9-1)19-30-22(21)15-7-16-26(30)29-18-8-17-28-25-12-4-3-11-23(25)24-13-5-6-14-27(24)31(28)29;1-2-9-22-20(8-1)18-30-23(14-7-15-24(22)30)21-16-17-29-27-12-4-3-10-25(27)26-11-5-6-13-28(26)31(29)19-21/h1-22H,23H2;1-18H,19H2;1-17,19H,18H2. The maximum Gasteiger partial charge on any atom is -0.000728 e. The summed E-state index contributed by atoms with van der Waals surface area (Å²) < 4.78 is 0. The number of hydrogen-bond donors (Lipinski definition) is 0. The quantitative estimate of drug-likeness (QED) is 0.154. The maximum atomic E-state index is 2.41. The van der Waals surface area contributed by atoms with Crippen LogP contribution in [-0.2, 0) is 19.3 Å². The number of fused-ring (bicyclic) bond motifs is 27. The molecule has 0 aromatic heterocycles. The minimum absolute atomic E-state index is 0.997. The molecule has 0 spiro atoms. The third kappa shape index (κ3) is 9.14. The van der Waals surface area contributed by atoms with Crippen LogP contribution in [0.3, 0.4) is 0 Å². The molecule has 0 heteroatoms. The lowest BCUT2D eigenvalue weighted by atomic mass is 9.87. The van der Waals surface area contributed by atoms with Gasteiger partial charge in [-0.25, -0.2) is 0 Å². The Hall–Kier alpha value is -12.5. The van der Waals surface area contributed by atoms with E-state index in [1.807, 2.05) is 0 Å². The normalized spacial score (nSPS) is 12.3. The first-order chi connectivity index (χ1) is 49.1. The summed E-state index contributed by atoms with van der Waals surface area (Å²) in [6, 6.07) is 129. The molecule has 0 N–H and O–H groups in total. The zero-order chi connectivity index (χ0) is 65.1. The van der Waals surface area contributed by atoms with Crippen molar-refractivity contribution in [2.24, 2.45) is 0 Å². The van der Waals surface area contributed by atoms with Gasteiger partial charge in [0.1, 0.15) is 0 Å². The Bertz CT molecular complexity index is 6390. The van der Waals surface area contributed by atoms with Crippen LogP contribution in [0.25, 0.3) is 175 Å². The molecular formula is C99H64. The van der Waals surface area contributed by atoms with Gasteiger partial charge < -0.3 is 0 Å². The molecule has 0 bridgehead atoms. The van der Waals surface area contributed by atoms with Crippen molar-refractivity contribution in [3.8, 4) is 77.9 Å². The topological polar surface area (TPSA) is 0 Å². The molecular weight excluding hydrogens is 1190 g/mol. The lowest BCUT2D eigenvalue weighted by Gasteiger charge is -2.16. The first kappa shape index (κ1) is 56.8. The van der Waals surface area contributed by atoms with Crippen molar-refractivity contribution in [2.45, 2.75) is 19.3 Å². The van der Waals surface area contributed by atoms with Gasteiger partial charge in [0.15, 0.2) is 0 Å². The Morgan fingerprint density at radius 3 is 0.778 bits per heavy atom. The first-order valence-corrected chi connectivity index (χ1v) is 34.8. The van der Waals surface area contributed by atoms with Crippen molar-refractivity contribution < 1.29 is 0 Å². The van der Waals surface area contributed by atoms with E-state index in [1.54, 1.807) is 0 Å². The van der Waals surface area contributed by atoms with E-state index in [9.17, 15) is 0 Å². The summed E-state index contributed by atoms with van der Waals surface area (Å²) >= 11 is 0. The molecule has 0 radical (unpaired) electrons. The van der Waals surface area contributed by atoms with Gasteiger partial charge in [0.05, 0.1) is 0 Å². The van der Waals surface area contributed by atoms with E-state index in [-0.39, 0.29) is 0 Å². The predicted molar refractivity (Wildman–Crippen MR) is 423 cm³/mol. The molecule has 22 rings (SSSR count). The maximum absolute atomic E-state index is 2.41. The van der Waals surface area contributed by atoms with Gasteiger partial charge in [-0.1, -0.05) is 340 Å². The summed E-state index contributed by atoms with van der Waals surface area (Å²) in [5, 5.41) is 23.9. The molecule has 0 unspecified atom stereocenters. The van der Waals surface area contributed by atoms with E-state index < -0.39 is 0 Å². The van der Waals surface area contributed by atoms with Gasteiger partial charge in [0, 0.05) is 0 Å². The van der Waals surface area contributed by atoms with Gasteiger partial charge >= 0.3 is 0 Å². The molecule has 0 aliphatic heterocycles. The van der Waals surface area contributed by atoms with Crippen LogP contribution in [0.5, 0.6) is 0 Å². The zero-order valence-corrected chi connectivity index (χ0v) is 54.6. The molecule has 3 aliphatic carbocycles. The van der Waals surface area contributed by atoms with E-state index in [4.69, 9.17) is 0 Å². The van der Waals surface area contributed by atoms with E-state index in [0.29, 0.717) is 0 Å². The second-order valence-electron chi connectivity index (χ2n) is 27.1. The van der Waals surface area contributed by atoms with Crippen LogP contribution in [0, 0.1) is 0 Å².